The van der Waals surface area contributed by atoms with Gasteiger partial charge in [0.2, 0.25) is 5.88 Å². The van der Waals surface area contributed by atoms with Crippen molar-refractivity contribution in [3.05, 3.63) is 35.9 Å². The predicted octanol–water partition coefficient (Wildman–Crippen LogP) is 3.31. The van der Waals surface area contributed by atoms with Gasteiger partial charge in [-0.25, -0.2) is 9.59 Å². The van der Waals surface area contributed by atoms with Crippen LogP contribution in [-0.2, 0) is 22.3 Å². The Labute approximate surface area is 121 Å². The molecule has 1 aliphatic rings. The van der Waals surface area contributed by atoms with Crippen LogP contribution in [0.15, 0.2) is 29.2 Å². The Morgan fingerprint density at radius 2 is 1.71 bits per heavy atom. The molecule has 7 heteroatoms. The second kappa shape index (κ2) is 5.82. The largest absolute Gasteiger partial charge is 0.431 e. The van der Waals surface area contributed by atoms with E-state index in [9.17, 15) is 9.59 Å². The number of fused-ring (bicyclic) bond motifs is 1. The van der Waals surface area contributed by atoms with Crippen molar-refractivity contribution in [2.24, 2.45) is 0 Å². The summed E-state index contributed by atoms with van der Waals surface area (Å²) in [6.45, 7) is 9.91. The van der Waals surface area contributed by atoms with Crippen LogP contribution in [0.4, 0.5) is 15.5 Å². The number of anilines is 1. The summed E-state index contributed by atoms with van der Waals surface area (Å²) in [6.07, 6.45) is 0.391. The average molecular weight is 292 g/mol. The van der Waals surface area contributed by atoms with Crippen molar-refractivity contribution in [1.29, 1.82) is 0 Å². The number of allylic oxidation sites excluding steroid dienone is 2. The Morgan fingerprint density at radius 1 is 1.14 bits per heavy atom. The molecule has 21 heavy (non-hydrogen) atoms. The number of aromatic nitrogens is 1. The average Bonchev–Trinajstić information content (AvgIpc) is 2.91. The molecule has 0 bridgehead atoms. The Bertz CT molecular complexity index is 589. The SMILES string of the molecule is C=C(C)OC(=O)N(C(=O)OC(=C)C)c1onc2c1CCC2. The number of nitrogens with zero attached hydrogens (tertiary/aromatic N) is 2. The van der Waals surface area contributed by atoms with Gasteiger partial charge in [-0.3, -0.25) is 0 Å². The van der Waals surface area contributed by atoms with Crippen LogP contribution >= 0.6 is 0 Å². The summed E-state index contributed by atoms with van der Waals surface area (Å²) < 4.78 is 14.9. The first-order valence-corrected chi connectivity index (χ1v) is 6.42. The number of rotatable bonds is 3. The number of carbonyl (C=O) groups is 2. The molecule has 0 saturated carbocycles. The molecule has 0 atom stereocenters. The van der Waals surface area contributed by atoms with Crippen LogP contribution in [0.5, 0.6) is 0 Å². The number of imide groups is 1. The molecule has 0 aliphatic heterocycles. The number of hydrogen-bond acceptors (Lipinski definition) is 6. The first-order valence-electron chi connectivity index (χ1n) is 6.42. The highest BCUT2D eigenvalue weighted by Gasteiger charge is 2.35. The Morgan fingerprint density at radius 3 is 2.24 bits per heavy atom. The van der Waals surface area contributed by atoms with E-state index in [0.29, 0.717) is 16.9 Å². The van der Waals surface area contributed by atoms with E-state index in [1.807, 2.05) is 0 Å². The number of aryl methyl sites for hydroxylation is 1. The van der Waals surface area contributed by atoms with Gasteiger partial charge >= 0.3 is 12.2 Å². The lowest BCUT2D eigenvalue weighted by Gasteiger charge is -2.17. The highest BCUT2D eigenvalue weighted by Crippen LogP contribution is 2.32. The fourth-order valence-corrected chi connectivity index (χ4v) is 2.02. The zero-order chi connectivity index (χ0) is 15.6. The molecule has 2 amide bonds. The van der Waals surface area contributed by atoms with Gasteiger partial charge in [-0.1, -0.05) is 18.3 Å². The van der Waals surface area contributed by atoms with Crippen LogP contribution < -0.4 is 4.90 Å². The minimum absolute atomic E-state index is 0.0278. The molecule has 1 aromatic rings. The maximum absolute atomic E-state index is 12.1. The topological polar surface area (TPSA) is 81.9 Å². The second-order valence-electron chi connectivity index (χ2n) is 4.74. The normalized spacial score (nSPS) is 12.5. The highest BCUT2D eigenvalue weighted by atomic mass is 16.6. The van der Waals surface area contributed by atoms with Gasteiger partial charge in [0.25, 0.3) is 0 Å². The van der Waals surface area contributed by atoms with Gasteiger partial charge in [-0.2, -0.15) is 0 Å². The van der Waals surface area contributed by atoms with E-state index in [1.54, 1.807) is 0 Å². The molecule has 0 aromatic carbocycles. The summed E-state index contributed by atoms with van der Waals surface area (Å²) in [5, 5.41) is 3.86. The summed E-state index contributed by atoms with van der Waals surface area (Å²) in [4.78, 5) is 24.9. The summed E-state index contributed by atoms with van der Waals surface area (Å²) in [5.41, 5.74) is 1.45. The fraction of sp³-hybridized carbons (Fsp3) is 0.357. The third kappa shape index (κ3) is 3.13. The van der Waals surface area contributed by atoms with Crippen molar-refractivity contribution in [3.8, 4) is 0 Å². The minimum Gasteiger partial charge on any atom is -0.415 e. The van der Waals surface area contributed by atoms with Gasteiger partial charge in [0.05, 0.1) is 17.2 Å². The van der Waals surface area contributed by atoms with Crippen molar-refractivity contribution in [1.82, 2.24) is 5.16 Å². The molecule has 2 rings (SSSR count). The van der Waals surface area contributed by atoms with Crippen LogP contribution in [0.3, 0.4) is 0 Å². The monoisotopic (exact) mass is 292 g/mol. The van der Waals surface area contributed by atoms with E-state index < -0.39 is 12.2 Å². The lowest BCUT2D eigenvalue weighted by Crippen LogP contribution is -2.37. The van der Waals surface area contributed by atoms with E-state index >= 15 is 0 Å². The van der Waals surface area contributed by atoms with Gasteiger partial charge in [0.15, 0.2) is 0 Å². The predicted molar refractivity (Wildman–Crippen MR) is 73.6 cm³/mol. The summed E-state index contributed by atoms with van der Waals surface area (Å²) in [6, 6.07) is 0. The number of carbonyl (C=O) groups excluding carboxylic acids is 2. The Hall–Kier alpha value is -2.57. The Balaban J connectivity index is 2.35. The van der Waals surface area contributed by atoms with E-state index in [0.717, 1.165) is 18.5 Å². The smallest absolute Gasteiger partial charge is 0.415 e. The van der Waals surface area contributed by atoms with Crippen LogP contribution in [0, 0.1) is 0 Å². The summed E-state index contributed by atoms with van der Waals surface area (Å²) >= 11 is 0. The maximum Gasteiger partial charge on any atom is 0.431 e. The molecule has 0 fully saturated rings. The molecule has 0 N–H and O–H groups in total. The summed E-state index contributed by atoms with van der Waals surface area (Å²) in [7, 11) is 0. The molecular weight excluding hydrogens is 276 g/mol. The molecule has 0 unspecified atom stereocenters. The quantitative estimate of drug-likeness (QED) is 0.795. The molecule has 112 valence electrons. The number of amides is 2. The zero-order valence-corrected chi connectivity index (χ0v) is 12.0. The third-order valence-corrected chi connectivity index (χ3v) is 2.78. The van der Waals surface area contributed by atoms with Crippen LogP contribution in [-0.4, -0.2) is 17.3 Å². The standard InChI is InChI=1S/C14H16N2O5/c1-8(2)19-13(17)16(14(18)20-9(3)4)12-10-6-5-7-11(10)15-21-12/h1,3,5-7H2,2,4H3. The van der Waals surface area contributed by atoms with Gasteiger partial charge < -0.3 is 14.0 Å². The molecule has 0 radical (unpaired) electrons. The first-order chi connectivity index (χ1) is 9.90. The molecule has 7 nitrogen and oxygen atoms in total. The number of ether oxygens (including phenoxy) is 2. The summed E-state index contributed by atoms with van der Waals surface area (Å²) in [5.74, 6) is 0.313. The van der Waals surface area contributed by atoms with E-state index in [2.05, 4.69) is 18.3 Å². The van der Waals surface area contributed by atoms with Crippen molar-refractivity contribution in [2.45, 2.75) is 33.1 Å². The molecule has 1 heterocycles. The van der Waals surface area contributed by atoms with Crippen molar-refractivity contribution >= 4 is 18.1 Å². The Kier molecular flexibility index (Phi) is 4.11. The van der Waals surface area contributed by atoms with Crippen LogP contribution in [0.25, 0.3) is 0 Å². The van der Waals surface area contributed by atoms with Gasteiger partial charge in [-0.05, 0) is 33.1 Å². The van der Waals surface area contributed by atoms with Crippen LogP contribution in [0.2, 0.25) is 0 Å². The first kappa shape index (κ1) is 14.8. The van der Waals surface area contributed by atoms with Gasteiger partial charge in [0, 0.05) is 5.56 Å². The second-order valence-corrected chi connectivity index (χ2v) is 4.74. The number of hydrogen-bond donors (Lipinski definition) is 0. The lowest BCUT2D eigenvalue weighted by atomic mass is 10.2. The maximum atomic E-state index is 12.1. The molecule has 0 saturated heterocycles. The van der Waals surface area contributed by atoms with E-state index in [4.69, 9.17) is 14.0 Å². The molecule has 1 aliphatic carbocycles. The van der Waals surface area contributed by atoms with E-state index in [-0.39, 0.29) is 17.4 Å². The van der Waals surface area contributed by atoms with Crippen LogP contribution in [0.1, 0.15) is 31.5 Å². The van der Waals surface area contributed by atoms with Crippen molar-refractivity contribution < 1.29 is 23.6 Å². The van der Waals surface area contributed by atoms with Gasteiger partial charge in [-0.15, -0.1) is 4.90 Å². The fourth-order valence-electron chi connectivity index (χ4n) is 2.02. The van der Waals surface area contributed by atoms with Crippen molar-refractivity contribution in [3.63, 3.8) is 0 Å². The molecule has 1 aromatic heterocycles. The molecule has 0 spiro atoms. The highest BCUT2D eigenvalue weighted by molar-refractivity contribution is 6.09. The van der Waals surface area contributed by atoms with Crippen molar-refractivity contribution in [2.75, 3.05) is 4.90 Å². The van der Waals surface area contributed by atoms with E-state index in [1.165, 1.54) is 13.8 Å². The molecular formula is C14H16N2O5. The lowest BCUT2D eigenvalue weighted by molar-refractivity contribution is 0.163. The zero-order valence-electron chi connectivity index (χ0n) is 12.0. The third-order valence-electron chi connectivity index (χ3n) is 2.78. The van der Waals surface area contributed by atoms with Gasteiger partial charge in [0.1, 0.15) is 0 Å². The minimum atomic E-state index is -0.959.